The van der Waals surface area contributed by atoms with Crippen molar-refractivity contribution in [2.45, 2.75) is 78.1 Å². The molecule has 0 N–H and O–H groups in total. The summed E-state index contributed by atoms with van der Waals surface area (Å²) in [6.45, 7) is 5.14. The summed E-state index contributed by atoms with van der Waals surface area (Å²) in [5, 5.41) is 0. The Bertz CT molecular complexity index is 708. The maximum atomic E-state index is 13.4. The smallest absolute Gasteiger partial charge is 0.166 e. The van der Waals surface area contributed by atoms with Gasteiger partial charge in [0.2, 0.25) is 0 Å². The summed E-state index contributed by atoms with van der Waals surface area (Å²) < 4.78 is 0. The minimum Gasteiger partial charge on any atom is -0.294 e. The SMILES string of the molecule is C[C@]12CCCCC1CC[C@@H]1[C@H]2CC[C@]2(C)C(C(=O)c3ccccc3)CC[C@@H]12. The maximum Gasteiger partial charge on any atom is 0.166 e. The van der Waals surface area contributed by atoms with Gasteiger partial charge in [0.15, 0.2) is 5.78 Å². The van der Waals surface area contributed by atoms with E-state index in [1.165, 1.54) is 57.8 Å². The van der Waals surface area contributed by atoms with Gasteiger partial charge in [-0.25, -0.2) is 0 Å². The normalized spacial score (nSPS) is 46.2. The number of hydrogen-bond donors (Lipinski definition) is 0. The minimum atomic E-state index is 0.242. The molecule has 0 aromatic heterocycles. The fraction of sp³-hybridized carbons (Fsp3) is 0.731. The lowest BCUT2D eigenvalue weighted by Crippen LogP contribution is -2.53. The molecule has 2 unspecified atom stereocenters. The molecule has 7 atom stereocenters. The molecule has 0 radical (unpaired) electrons. The number of ketones is 1. The van der Waals surface area contributed by atoms with Crippen molar-refractivity contribution >= 4 is 5.78 Å². The molecule has 1 nitrogen and oxygen atoms in total. The zero-order valence-electron chi connectivity index (χ0n) is 17.3. The molecule has 4 aliphatic carbocycles. The molecule has 1 heteroatoms. The van der Waals surface area contributed by atoms with Crippen molar-refractivity contribution in [1.29, 1.82) is 0 Å². The number of carbonyl (C=O) groups excluding carboxylic acids is 1. The van der Waals surface area contributed by atoms with Gasteiger partial charge in [-0.15, -0.1) is 0 Å². The lowest BCUT2D eigenvalue weighted by atomic mass is 9.45. The zero-order valence-corrected chi connectivity index (χ0v) is 17.3. The van der Waals surface area contributed by atoms with Crippen LogP contribution in [0.5, 0.6) is 0 Å². The van der Waals surface area contributed by atoms with Crippen LogP contribution in [0.15, 0.2) is 30.3 Å². The Hall–Kier alpha value is -1.11. The van der Waals surface area contributed by atoms with E-state index in [0.717, 1.165) is 35.7 Å². The third-order valence-electron chi connectivity index (χ3n) is 9.96. The number of hydrogen-bond acceptors (Lipinski definition) is 1. The molecule has 0 heterocycles. The van der Waals surface area contributed by atoms with E-state index in [9.17, 15) is 4.79 Å². The minimum absolute atomic E-state index is 0.242. The molecule has 0 spiro atoms. The highest BCUT2D eigenvalue weighted by Crippen LogP contribution is 2.67. The summed E-state index contributed by atoms with van der Waals surface area (Å²) in [7, 11) is 0. The Morgan fingerprint density at radius 3 is 2.41 bits per heavy atom. The monoisotopic (exact) mass is 364 g/mol. The number of Topliss-reactive ketones (excluding diaryl/α,β-unsaturated/α-hetero) is 1. The van der Waals surface area contributed by atoms with Gasteiger partial charge in [0.25, 0.3) is 0 Å². The number of rotatable bonds is 2. The average Bonchev–Trinajstić information content (AvgIpc) is 3.05. The van der Waals surface area contributed by atoms with Crippen LogP contribution >= 0.6 is 0 Å². The van der Waals surface area contributed by atoms with E-state index in [2.05, 4.69) is 13.8 Å². The molecule has 27 heavy (non-hydrogen) atoms. The predicted molar refractivity (Wildman–Crippen MR) is 111 cm³/mol. The quantitative estimate of drug-likeness (QED) is 0.521. The molecule has 0 bridgehead atoms. The van der Waals surface area contributed by atoms with E-state index in [1.54, 1.807) is 0 Å². The first-order chi connectivity index (χ1) is 13.0. The van der Waals surface area contributed by atoms with E-state index in [-0.39, 0.29) is 11.3 Å². The van der Waals surface area contributed by atoms with Crippen LogP contribution in [-0.2, 0) is 0 Å². The largest absolute Gasteiger partial charge is 0.294 e. The second kappa shape index (κ2) is 6.46. The topological polar surface area (TPSA) is 17.1 Å². The Morgan fingerprint density at radius 2 is 1.59 bits per heavy atom. The van der Waals surface area contributed by atoms with E-state index < -0.39 is 0 Å². The summed E-state index contributed by atoms with van der Waals surface area (Å²) in [6.07, 6.45) is 13.8. The molecule has 4 fully saturated rings. The fourth-order valence-electron chi connectivity index (χ4n) is 8.53. The highest BCUT2D eigenvalue weighted by atomic mass is 16.1. The van der Waals surface area contributed by atoms with E-state index in [0.29, 0.717) is 11.2 Å². The molecule has 5 rings (SSSR count). The molecule has 0 aliphatic heterocycles. The zero-order chi connectivity index (χ0) is 18.6. The molecule has 4 saturated carbocycles. The molecule has 4 aliphatic rings. The van der Waals surface area contributed by atoms with Crippen molar-refractivity contribution in [3.05, 3.63) is 35.9 Å². The summed E-state index contributed by atoms with van der Waals surface area (Å²) in [4.78, 5) is 13.4. The van der Waals surface area contributed by atoms with Crippen molar-refractivity contribution in [2.24, 2.45) is 40.4 Å². The number of fused-ring (bicyclic) bond motifs is 5. The van der Waals surface area contributed by atoms with E-state index in [1.807, 2.05) is 30.3 Å². The fourth-order valence-corrected chi connectivity index (χ4v) is 8.53. The predicted octanol–water partition coefficient (Wildman–Crippen LogP) is 6.92. The second-order valence-electron chi connectivity index (χ2n) is 10.8. The van der Waals surface area contributed by atoms with Crippen LogP contribution in [0.3, 0.4) is 0 Å². The van der Waals surface area contributed by atoms with Gasteiger partial charge in [-0.3, -0.25) is 4.79 Å². The van der Waals surface area contributed by atoms with Gasteiger partial charge >= 0.3 is 0 Å². The third kappa shape index (κ3) is 2.60. The highest BCUT2D eigenvalue weighted by Gasteiger charge is 2.60. The summed E-state index contributed by atoms with van der Waals surface area (Å²) >= 11 is 0. The van der Waals surface area contributed by atoms with E-state index in [4.69, 9.17) is 0 Å². The van der Waals surface area contributed by atoms with Crippen molar-refractivity contribution in [3.8, 4) is 0 Å². The van der Waals surface area contributed by atoms with Crippen LogP contribution in [0.4, 0.5) is 0 Å². The van der Waals surface area contributed by atoms with Gasteiger partial charge in [0.1, 0.15) is 0 Å². The Balaban J connectivity index is 1.42. The number of carbonyl (C=O) groups is 1. The summed E-state index contributed by atoms with van der Waals surface area (Å²) in [6, 6.07) is 10.1. The van der Waals surface area contributed by atoms with E-state index >= 15 is 0 Å². The molecule has 1 aromatic rings. The van der Waals surface area contributed by atoms with Gasteiger partial charge in [0.05, 0.1) is 0 Å². The first-order valence-electron chi connectivity index (χ1n) is 11.6. The molecule has 146 valence electrons. The van der Waals surface area contributed by atoms with Crippen LogP contribution < -0.4 is 0 Å². The van der Waals surface area contributed by atoms with Crippen molar-refractivity contribution in [2.75, 3.05) is 0 Å². The van der Waals surface area contributed by atoms with Gasteiger partial charge in [0, 0.05) is 11.5 Å². The Morgan fingerprint density at radius 1 is 0.815 bits per heavy atom. The third-order valence-corrected chi connectivity index (χ3v) is 9.96. The summed E-state index contributed by atoms with van der Waals surface area (Å²) in [5.41, 5.74) is 1.78. The molecular formula is C26H36O. The first kappa shape index (κ1) is 18.0. The summed E-state index contributed by atoms with van der Waals surface area (Å²) in [5.74, 6) is 4.27. The molecular weight excluding hydrogens is 328 g/mol. The highest BCUT2D eigenvalue weighted by molar-refractivity contribution is 5.98. The van der Waals surface area contributed by atoms with Gasteiger partial charge in [-0.05, 0) is 85.9 Å². The molecule has 1 aromatic carbocycles. The van der Waals surface area contributed by atoms with Crippen LogP contribution in [0.25, 0.3) is 0 Å². The number of benzene rings is 1. The lowest BCUT2D eigenvalue weighted by Gasteiger charge is -2.60. The average molecular weight is 365 g/mol. The lowest BCUT2D eigenvalue weighted by molar-refractivity contribution is -0.108. The first-order valence-corrected chi connectivity index (χ1v) is 11.6. The van der Waals surface area contributed by atoms with Crippen molar-refractivity contribution < 1.29 is 4.79 Å². The van der Waals surface area contributed by atoms with Crippen molar-refractivity contribution in [3.63, 3.8) is 0 Å². The molecule has 0 amide bonds. The van der Waals surface area contributed by atoms with Crippen LogP contribution in [0.2, 0.25) is 0 Å². The Kier molecular flexibility index (Phi) is 4.30. The molecule has 0 saturated heterocycles. The van der Waals surface area contributed by atoms with Crippen LogP contribution in [-0.4, -0.2) is 5.78 Å². The van der Waals surface area contributed by atoms with Crippen molar-refractivity contribution in [1.82, 2.24) is 0 Å². The Labute approximate surface area is 165 Å². The van der Waals surface area contributed by atoms with Gasteiger partial charge in [-0.1, -0.05) is 57.0 Å². The van der Waals surface area contributed by atoms with Gasteiger partial charge < -0.3 is 0 Å². The standard InChI is InChI=1S/C26H36O/c1-25-16-7-6-10-19(25)11-12-20-21-13-14-23(26(21,2)17-15-22(20)25)24(27)18-8-4-3-5-9-18/h3-5,8-9,19-23H,6-7,10-17H2,1-2H3/t19?,20-,21-,22+,23?,25-,26-/m0/s1. The maximum absolute atomic E-state index is 13.4. The van der Waals surface area contributed by atoms with Crippen LogP contribution in [0.1, 0.15) is 88.4 Å². The second-order valence-corrected chi connectivity index (χ2v) is 10.8. The van der Waals surface area contributed by atoms with Crippen LogP contribution in [0, 0.1) is 40.4 Å². The van der Waals surface area contributed by atoms with Gasteiger partial charge in [-0.2, -0.15) is 0 Å².